The number of phenolic OH excluding ortho intramolecular Hbond substituents is 2. The third-order valence-electron chi connectivity index (χ3n) is 3.22. The summed E-state index contributed by atoms with van der Waals surface area (Å²) in [6, 6.07) is 8.89. The molecular weight excluding hydrogens is 337 g/mol. The number of aromatic hydroxyl groups is 2. The highest BCUT2D eigenvalue weighted by Gasteiger charge is 2.32. The van der Waals surface area contributed by atoms with Gasteiger partial charge in [-0.15, -0.1) is 0 Å². The molecule has 9 heteroatoms. The van der Waals surface area contributed by atoms with E-state index in [1.807, 2.05) is 0 Å². The van der Waals surface area contributed by atoms with Crippen molar-refractivity contribution in [3.63, 3.8) is 0 Å². The number of hydrogen-bond donors (Lipinski definition) is 3. The van der Waals surface area contributed by atoms with Gasteiger partial charge in [0, 0.05) is 17.7 Å². The molecule has 6 nitrogen and oxygen atoms in total. The molecule has 0 aliphatic rings. The number of aromatic nitrogens is 3. The highest BCUT2D eigenvalue weighted by molar-refractivity contribution is 5.70. The minimum Gasteiger partial charge on any atom is -0.508 e. The van der Waals surface area contributed by atoms with Crippen molar-refractivity contribution in [2.75, 3.05) is 5.32 Å². The van der Waals surface area contributed by atoms with Crippen LogP contribution in [0.4, 0.5) is 24.8 Å². The van der Waals surface area contributed by atoms with Crippen LogP contribution in [-0.4, -0.2) is 25.2 Å². The summed E-state index contributed by atoms with van der Waals surface area (Å²) in [6.45, 7) is 0. The van der Waals surface area contributed by atoms with Crippen LogP contribution in [0.15, 0.2) is 48.8 Å². The van der Waals surface area contributed by atoms with Crippen molar-refractivity contribution in [3.8, 4) is 22.8 Å². The summed E-state index contributed by atoms with van der Waals surface area (Å²) < 4.78 is 38.1. The van der Waals surface area contributed by atoms with E-state index >= 15 is 0 Å². The van der Waals surface area contributed by atoms with Crippen LogP contribution in [0.3, 0.4) is 0 Å². The summed E-state index contributed by atoms with van der Waals surface area (Å²) in [7, 11) is 0. The van der Waals surface area contributed by atoms with Gasteiger partial charge in [-0.3, -0.25) is 0 Å². The molecule has 0 aliphatic heterocycles. The van der Waals surface area contributed by atoms with Crippen LogP contribution in [0.5, 0.6) is 11.5 Å². The molecule has 3 rings (SSSR count). The fourth-order valence-corrected chi connectivity index (χ4v) is 2.10. The van der Waals surface area contributed by atoms with Crippen LogP contribution in [0.1, 0.15) is 5.69 Å². The van der Waals surface area contributed by atoms with Gasteiger partial charge in [-0.1, -0.05) is 6.07 Å². The maximum atomic E-state index is 12.7. The predicted octanol–water partition coefficient (Wildman–Crippen LogP) is 3.71. The number of anilines is 2. The van der Waals surface area contributed by atoms with Gasteiger partial charge >= 0.3 is 6.18 Å². The smallest absolute Gasteiger partial charge is 0.433 e. The normalized spacial score (nSPS) is 11.3. The van der Waals surface area contributed by atoms with Crippen molar-refractivity contribution < 1.29 is 23.4 Å². The molecule has 0 atom stereocenters. The average Bonchev–Trinajstić information content (AvgIpc) is 2.54. The zero-order valence-electron chi connectivity index (χ0n) is 12.5. The van der Waals surface area contributed by atoms with Gasteiger partial charge in [-0.2, -0.15) is 13.2 Å². The van der Waals surface area contributed by atoms with Crippen LogP contribution in [-0.2, 0) is 6.18 Å². The lowest BCUT2D eigenvalue weighted by Crippen LogP contribution is -2.09. The van der Waals surface area contributed by atoms with Crippen LogP contribution < -0.4 is 5.32 Å². The summed E-state index contributed by atoms with van der Waals surface area (Å²) in [5.74, 6) is -0.137. The van der Waals surface area contributed by atoms with Gasteiger partial charge in [0.1, 0.15) is 35.2 Å². The highest BCUT2D eigenvalue weighted by Crippen LogP contribution is 2.32. The fraction of sp³-hybridized carbons (Fsp3) is 0.0625. The van der Waals surface area contributed by atoms with E-state index in [4.69, 9.17) is 0 Å². The molecule has 0 aliphatic carbocycles. The van der Waals surface area contributed by atoms with Crippen LogP contribution in [0.2, 0.25) is 0 Å². The lowest BCUT2D eigenvalue weighted by Gasteiger charge is -2.10. The van der Waals surface area contributed by atoms with Gasteiger partial charge in [0.25, 0.3) is 0 Å². The Balaban J connectivity index is 1.90. The van der Waals surface area contributed by atoms with Crippen LogP contribution >= 0.6 is 0 Å². The number of benzene rings is 1. The summed E-state index contributed by atoms with van der Waals surface area (Å²) in [5.41, 5.74) is -0.370. The first-order valence-electron chi connectivity index (χ1n) is 6.98. The zero-order chi connectivity index (χ0) is 18.0. The number of nitrogens with one attached hydrogen (secondary N) is 1. The molecule has 0 fully saturated rings. The molecule has 0 bridgehead atoms. The van der Waals surface area contributed by atoms with Gasteiger partial charge in [0.05, 0.1) is 5.69 Å². The van der Waals surface area contributed by atoms with E-state index in [0.29, 0.717) is 11.3 Å². The Morgan fingerprint density at radius 1 is 0.920 bits per heavy atom. The average molecular weight is 348 g/mol. The first-order chi connectivity index (χ1) is 11.8. The second-order valence-corrected chi connectivity index (χ2v) is 5.02. The molecule has 0 radical (unpaired) electrons. The van der Waals surface area contributed by atoms with Crippen molar-refractivity contribution in [1.82, 2.24) is 15.0 Å². The van der Waals surface area contributed by atoms with Gasteiger partial charge in [-0.05, 0) is 24.3 Å². The first kappa shape index (κ1) is 16.5. The molecule has 0 saturated carbocycles. The lowest BCUT2D eigenvalue weighted by molar-refractivity contribution is -0.141. The van der Waals surface area contributed by atoms with E-state index in [-0.39, 0.29) is 23.1 Å². The molecule has 25 heavy (non-hydrogen) atoms. The third-order valence-corrected chi connectivity index (χ3v) is 3.22. The van der Waals surface area contributed by atoms with Crippen LogP contribution in [0, 0.1) is 0 Å². The molecule has 0 unspecified atom stereocenters. The molecule has 0 saturated heterocycles. The number of pyridine rings is 1. The summed E-state index contributed by atoms with van der Waals surface area (Å²) in [6.07, 6.45) is -3.36. The summed E-state index contributed by atoms with van der Waals surface area (Å²) in [5, 5.41) is 21.9. The maximum absolute atomic E-state index is 12.7. The summed E-state index contributed by atoms with van der Waals surface area (Å²) >= 11 is 0. The minimum atomic E-state index is -4.55. The Morgan fingerprint density at radius 2 is 1.72 bits per heavy atom. The topological polar surface area (TPSA) is 91.2 Å². The predicted molar refractivity (Wildman–Crippen MR) is 83.3 cm³/mol. The van der Waals surface area contributed by atoms with Crippen LogP contribution in [0.25, 0.3) is 11.3 Å². The van der Waals surface area contributed by atoms with E-state index in [9.17, 15) is 23.4 Å². The highest BCUT2D eigenvalue weighted by atomic mass is 19.4. The molecule has 3 aromatic rings. The Morgan fingerprint density at radius 3 is 2.44 bits per heavy atom. The molecule has 2 aromatic heterocycles. The Kier molecular flexibility index (Phi) is 4.14. The van der Waals surface area contributed by atoms with Gasteiger partial charge in [0.2, 0.25) is 0 Å². The van der Waals surface area contributed by atoms with Crippen molar-refractivity contribution in [2.24, 2.45) is 0 Å². The van der Waals surface area contributed by atoms with Crippen molar-refractivity contribution in [3.05, 3.63) is 54.5 Å². The molecular formula is C16H11F3N4O2. The van der Waals surface area contributed by atoms with Crippen molar-refractivity contribution >= 4 is 11.6 Å². The molecule has 0 spiro atoms. The number of nitrogens with zero attached hydrogens (tertiary/aromatic N) is 3. The summed E-state index contributed by atoms with van der Waals surface area (Å²) in [4.78, 5) is 11.4. The molecule has 2 heterocycles. The van der Waals surface area contributed by atoms with E-state index < -0.39 is 11.9 Å². The van der Waals surface area contributed by atoms with E-state index in [2.05, 4.69) is 20.3 Å². The minimum absolute atomic E-state index is 0.0330. The van der Waals surface area contributed by atoms with E-state index in [1.54, 1.807) is 0 Å². The van der Waals surface area contributed by atoms with E-state index in [0.717, 1.165) is 12.1 Å². The SMILES string of the molecule is Oc1ccc(-c2cc(Nc3cccc(C(F)(F)F)n3)ncn2)c(O)c1. The van der Waals surface area contributed by atoms with E-state index in [1.165, 1.54) is 36.7 Å². The second kappa shape index (κ2) is 6.27. The van der Waals surface area contributed by atoms with Crippen molar-refractivity contribution in [1.29, 1.82) is 0 Å². The quantitative estimate of drug-likeness (QED) is 0.668. The Hall–Kier alpha value is -3.36. The molecule has 1 aromatic carbocycles. The first-order valence-corrected chi connectivity index (χ1v) is 6.98. The number of hydrogen-bond acceptors (Lipinski definition) is 6. The third kappa shape index (κ3) is 3.77. The Labute approximate surface area is 139 Å². The molecule has 3 N–H and O–H groups in total. The largest absolute Gasteiger partial charge is 0.508 e. The monoisotopic (exact) mass is 348 g/mol. The number of rotatable bonds is 3. The van der Waals surface area contributed by atoms with Gasteiger partial charge in [0.15, 0.2) is 0 Å². The fourth-order valence-electron chi connectivity index (χ4n) is 2.10. The standard InChI is InChI=1S/C16H11F3N4O2/c17-16(18,19)13-2-1-3-14(22-13)23-15-7-11(20-8-21-15)10-5-4-9(24)6-12(10)25/h1-8,24-25H,(H,20,21,22,23). The zero-order valence-corrected chi connectivity index (χ0v) is 12.5. The second-order valence-electron chi connectivity index (χ2n) is 5.02. The van der Waals surface area contributed by atoms with Gasteiger partial charge in [-0.25, -0.2) is 15.0 Å². The number of halogens is 3. The van der Waals surface area contributed by atoms with Gasteiger partial charge < -0.3 is 15.5 Å². The molecule has 128 valence electrons. The Bertz CT molecular complexity index is 916. The number of phenols is 2. The number of alkyl halides is 3. The van der Waals surface area contributed by atoms with Crippen molar-refractivity contribution in [2.45, 2.75) is 6.18 Å². The maximum Gasteiger partial charge on any atom is 0.433 e. The lowest BCUT2D eigenvalue weighted by atomic mass is 10.1. The molecule has 0 amide bonds.